The Morgan fingerprint density at radius 2 is 1.89 bits per heavy atom. The Labute approximate surface area is 173 Å². The molecule has 0 radical (unpaired) electrons. The first-order valence-electron chi connectivity index (χ1n) is 9.75. The van der Waals surface area contributed by atoms with E-state index in [0.717, 1.165) is 53.4 Å². The smallest absolute Gasteiger partial charge is 0.270 e. The number of H-pyrrole nitrogens is 1. The molecule has 0 saturated carbocycles. The number of amides is 1. The molecule has 5 nitrogen and oxygen atoms in total. The largest absolute Gasteiger partial charge is 0.382 e. The van der Waals surface area contributed by atoms with Gasteiger partial charge in [-0.25, -0.2) is 0 Å². The standard InChI is InChI=1S/C22H25BrN4O/c23-17-3-6-20-16(13-17)14-21(26-20)22(28)27-11-8-19(9-12-27)25-18-4-1-15(2-5-18)7-10-24/h1-6,13-14,19,25-26H,7-12,24H2. The molecule has 0 atom stereocenters. The lowest BCUT2D eigenvalue weighted by Gasteiger charge is -2.32. The molecule has 0 aliphatic carbocycles. The van der Waals surface area contributed by atoms with Crippen molar-refractivity contribution >= 4 is 38.4 Å². The van der Waals surface area contributed by atoms with Gasteiger partial charge in [-0.05, 0) is 67.8 Å². The first kappa shape index (κ1) is 19.0. The van der Waals surface area contributed by atoms with Gasteiger partial charge in [0.2, 0.25) is 0 Å². The summed E-state index contributed by atoms with van der Waals surface area (Å²) < 4.78 is 1.01. The second-order valence-electron chi connectivity index (χ2n) is 7.36. The third kappa shape index (κ3) is 4.23. The molecule has 0 unspecified atom stereocenters. The number of aromatic nitrogens is 1. The summed E-state index contributed by atoms with van der Waals surface area (Å²) in [7, 11) is 0. The lowest BCUT2D eigenvalue weighted by Crippen LogP contribution is -2.42. The summed E-state index contributed by atoms with van der Waals surface area (Å²) in [4.78, 5) is 18.1. The molecule has 4 rings (SSSR count). The number of halogens is 1. The van der Waals surface area contributed by atoms with Crippen LogP contribution in [0.15, 0.2) is 53.0 Å². The highest BCUT2D eigenvalue weighted by molar-refractivity contribution is 9.10. The Hall–Kier alpha value is -2.31. The number of benzene rings is 2. The van der Waals surface area contributed by atoms with Crippen LogP contribution in [0.4, 0.5) is 5.69 Å². The van der Waals surface area contributed by atoms with Crippen LogP contribution in [0, 0.1) is 0 Å². The van der Waals surface area contributed by atoms with Crippen molar-refractivity contribution in [1.29, 1.82) is 0 Å². The lowest BCUT2D eigenvalue weighted by molar-refractivity contribution is 0.0713. The molecule has 2 aromatic carbocycles. The van der Waals surface area contributed by atoms with Crippen LogP contribution < -0.4 is 11.1 Å². The summed E-state index contributed by atoms with van der Waals surface area (Å²) in [6.45, 7) is 2.20. The summed E-state index contributed by atoms with van der Waals surface area (Å²) in [5.74, 6) is 0.0805. The normalized spacial score (nSPS) is 15.1. The molecule has 1 amide bonds. The predicted octanol–water partition coefficient (Wildman–Crippen LogP) is 4.15. The van der Waals surface area contributed by atoms with Crippen molar-refractivity contribution in [2.24, 2.45) is 5.73 Å². The van der Waals surface area contributed by atoms with Crippen LogP contribution in [0.25, 0.3) is 10.9 Å². The van der Waals surface area contributed by atoms with Crippen molar-refractivity contribution in [1.82, 2.24) is 9.88 Å². The topological polar surface area (TPSA) is 74.2 Å². The first-order chi connectivity index (χ1) is 13.6. The fourth-order valence-corrected chi connectivity index (χ4v) is 4.16. The number of carbonyl (C=O) groups excluding carboxylic acids is 1. The molecule has 146 valence electrons. The molecule has 6 heteroatoms. The number of nitrogens with one attached hydrogen (secondary N) is 2. The van der Waals surface area contributed by atoms with E-state index >= 15 is 0 Å². The van der Waals surface area contributed by atoms with Crippen molar-refractivity contribution < 1.29 is 4.79 Å². The number of rotatable bonds is 5. The minimum atomic E-state index is 0.0805. The number of nitrogens with two attached hydrogens (primary N) is 1. The highest BCUT2D eigenvalue weighted by Crippen LogP contribution is 2.23. The van der Waals surface area contributed by atoms with Gasteiger partial charge in [0.1, 0.15) is 5.69 Å². The number of carbonyl (C=O) groups is 1. The van der Waals surface area contributed by atoms with Crippen molar-refractivity contribution in [3.8, 4) is 0 Å². The molecule has 1 aliphatic heterocycles. The van der Waals surface area contributed by atoms with E-state index in [2.05, 4.69) is 50.5 Å². The number of anilines is 1. The molecule has 0 spiro atoms. The fraction of sp³-hybridized carbons (Fsp3) is 0.318. The van der Waals surface area contributed by atoms with Crippen molar-refractivity contribution in [3.63, 3.8) is 0 Å². The minimum Gasteiger partial charge on any atom is -0.382 e. The summed E-state index contributed by atoms with van der Waals surface area (Å²) in [5.41, 5.74) is 9.65. The van der Waals surface area contributed by atoms with E-state index in [1.807, 2.05) is 29.2 Å². The molecule has 4 N–H and O–H groups in total. The van der Waals surface area contributed by atoms with E-state index in [9.17, 15) is 4.79 Å². The SMILES string of the molecule is NCCc1ccc(NC2CCN(C(=O)c3cc4cc(Br)ccc4[nH]3)CC2)cc1. The maximum absolute atomic E-state index is 12.9. The molecule has 28 heavy (non-hydrogen) atoms. The van der Waals surface area contributed by atoms with Crippen LogP contribution in [0.5, 0.6) is 0 Å². The zero-order valence-corrected chi connectivity index (χ0v) is 17.3. The van der Waals surface area contributed by atoms with E-state index in [1.54, 1.807) is 0 Å². The zero-order chi connectivity index (χ0) is 19.5. The zero-order valence-electron chi connectivity index (χ0n) is 15.7. The number of nitrogens with zero attached hydrogens (tertiary/aromatic N) is 1. The van der Waals surface area contributed by atoms with Crippen molar-refractivity contribution in [3.05, 3.63) is 64.3 Å². The van der Waals surface area contributed by atoms with Crippen LogP contribution in [0.2, 0.25) is 0 Å². The molecule has 1 aliphatic rings. The van der Waals surface area contributed by atoms with Crippen molar-refractivity contribution in [2.75, 3.05) is 25.0 Å². The number of piperidine rings is 1. The first-order valence-corrected chi connectivity index (χ1v) is 10.5. The summed E-state index contributed by atoms with van der Waals surface area (Å²) in [6.07, 6.45) is 2.80. The van der Waals surface area contributed by atoms with Gasteiger partial charge in [0.15, 0.2) is 0 Å². The van der Waals surface area contributed by atoms with Crippen LogP contribution in [-0.2, 0) is 6.42 Å². The lowest BCUT2D eigenvalue weighted by atomic mass is 10.0. The van der Waals surface area contributed by atoms with Gasteiger partial charge in [0, 0.05) is 40.2 Å². The number of hydrogen-bond donors (Lipinski definition) is 3. The van der Waals surface area contributed by atoms with E-state index < -0.39 is 0 Å². The van der Waals surface area contributed by atoms with Gasteiger partial charge in [0.05, 0.1) is 0 Å². The molecule has 0 bridgehead atoms. The third-order valence-corrected chi connectivity index (χ3v) is 5.85. The number of aromatic amines is 1. The fourth-order valence-electron chi connectivity index (χ4n) is 3.79. The number of hydrogen-bond acceptors (Lipinski definition) is 3. The molecule has 1 fully saturated rings. The van der Waals surface area contributed by atoms with Crippen LogP contribution in [0.3, 0.4) is 0 Å². The molecular weight excluding hydrogens is 416 g/mol. The predicted molar refractivity (Wildman–Crippen MR) is 118 cm³/mol. The Morgan fingerprint density at radius 3 is 2.61 bits per heavy atom. The van der Waals surface area contributed by atoms with E-state index in [1.165, 1.54) is 5.56 Å². The van der Waals surface area contributed by atoms with E-state index in [4.69, 9.17) is 5.73 Å². The summed E-state index contributed by atoms with van der Waals surface area (Å²) in [6, 6.07) is 16.8. The minimum absolute atomic E-state index is 0.0805. The molecular formula is C22H25BrN4O. The summed E-state index contributed by atoms with van der Waals surface area (Å²) >= 11 is 3.48. The maximum Gasteiger partial charge on any atom is 0.270 e. The van der Waals surface area contributed by atoms with Gasteiger partial charge < -0.3 is 20.9 Å². The molecule has 2 heterocycles. The Bertz CT molecular complexity index is 958. The molecule has 1 aromatic heterocycles. The molecule has 3 aromatic rings. The monoisotopic (exact) mass is 440 g/mol. The summed E-state index contributed by atoms with van der Waals surface area (Å²) in [5, 5.41) is 4.64. The second kappa shape index (κ2) is 8.37. The van der Waals surface area contributed by atoms with Crippen molar-refractivity contribution in [2.45, 2.75) is 25.3 Å². The average Bonchev–Trinajstić information content (AvgIpc) is 3.13. The Balaban J connectivity index is 1.34. The average molecular weight is 441 g/mol. The van der Waals surface area contributed by atoms with E-state index in [-0.39, 0.29) is 5.91 Å². The van der Waals surface area contributed by atoms with Gasteiger partial charge in [0.25, 0.3) is 5.91 Å². The van der Waals surface area contributed by atoms with Crippen LogP contribution in [-0.4, -0.2) is 41.5 Å². The Kier molecular flexibility index (Phi) is 5.69. The maximum atomic E-state index is 12.9. The van der Waals surface area contributed by atoms with Crippen LogP contribution in [0.1, 0.15) is 28.9 Å². The second-order valence-corrected chi connectivity index (χ2v) is 8.28. The highest BCUT2D eigenvalue weighted by Gasteiger charge is 2.24. The van der Waals surface area contributed by atoms with Gasteiger partial charge in [-0.3, -0.25) is 4.79 Å². The van der Waals surface area contributed by atoms with Gasteiger partial charge in [-0.15, -0.1) is 0 Å². The van der Waals surface area contributed by atoms with Crippen LogP contribution >= 0.6 is 15.9 Å². The number of fused-ring (bicyclic) bond motifs is 1. The van der Waals surface area contributed by atoms with Gasteiger partial charge >= 0.3 is 0 Å². The van der Waals surface area contributed by atoms with E-state index in [0.29, 0.717) is 18.3 Å². The van der Waals surface area contributed by atoms with Gasteiger partial charge in [-0.1, -0.05) is 28.1 Å². The number of likely N-dealkylation sites (tertiary alicyclic amines) is 1. The highest BCUT2D eigenvalue weighted by atomic mass is 79.9. The quantitative estimate of drug-likeness (QED) is 0.557. The molecule has 1 saturated heterocycles. The third-order valence-electron chi connectivity index (χ3n) is 5.35. The Morgan fingerprint density at radius 1 is 1.14 bits per heavy atom. The van der Waals surface area contributed by atoms with Gasteiger partial charge in [-0.2, -0.15) is 0 Å².